The second-order valence-corrected chi connectivity index (χ2v) is 17.6. The van der Waals surface area contributed by atoms with E-state index in [-0.39, 0.29) is 90.1 Å². The van der Waals surface area contributed by atoms with Gasteiger partial charge in [0.25, 0.3) is 0 Å². The normalized spacial score (nSPS) is 13.0. The number of amides is 5. The lowest BCUT2D eigenvalue weighted by molar-refractivity contribution is -0.308. The average molecular weight is 878 g/mol. The highest BCUT2D eigenvalue weighted by molar-refractivity contribution is 8.76. The third-order valence-electron chi connectivity index (χ3n) is 8.62. The fraction of sp³-hybridized carbons (Fsp3) is 0.750. The van der Waals surface area contributed by atoms with Crippen molar-refractivity contribution in [2.45, 2.75) is 60.5 Å². The van der Waals surface area contributed by atoms with Gasteiger partial charge in [-0.1, -0.05) is 49.3 Å². The summed E-state index contributed by atoms with van der Waals surface area (Å²) in [6, 6.07) is 0. The average Bonchev–Trinajstić information content (AvgIpc) is 3.12. The number of nitrogens with zero attached hydrogens (tertiary/aromatic N) is 3. The maximum Gasteiger partial charge on any atom is 0.239 e. The monoisotopic (exact) mass is 877 g/mol. The summed E-state index contributed by atoms with van der Waals surface area (Å²) in [4.78, 5) is 112. The molecule has 59 heavy (non-hydrogen) atoms. The van der Waals surface area contributed by atoms with Gasteiger partial charge < -0.3 is 61.4 Å². The standard InChI is InChI=1S/C36H64N8O13S2/c1-7-36(6,34(57)40-16-25(2)45)24-35(4,5)33(56)41-18-28(48)39-17-27(47)37-8-14-58-59-15-9-38-29(49)20-44(23-32(54)55)13-11-42(21-30(50)51)10-12-43(19-26(3)46)22-31(52)53/h25,45H,7-24H2,1-6H3,(H,37,47)(H,38,49)(H,39,48)(H,40,57)(H,41,56)(H,50,51)(H,52,53)(H,54,55)/p-3. The molecule has 2 unspecified atom stereocenters. The lowest BCUT2D eigenvalue weighted by Gasteiger charge is -2.35. The van der Waals surface area contributed by atoms with Crippen molar-refractivity contribution in [1.29, 1.82) is 0 Å². The number of ketones is 1. The molecule has 0 bridgehead atoms. The van der Waals surface area contributed by atoms with E-state index in [1.54, 1.807) is 27.7 Å². The second kappa shape index (κ2) is 29.2. The van der Waals surface area contributed by atoms with Gasteiger partial charge in [0.1, 0.15) is 5.78 Å². The highest BCUT2D eigenvalue weighted by atomic mass is 33.1. The van der Waals surface area contributed by atoms with Crippen molar-refractivity contribution in [3.63, 3.8) is 0 Å². The molecule has 0 fully saturated rings. The molecule has 21 nitrogen and oxygen atoms in total. The first-order chi connectivity index (χ1) is 27.5. The Balaban J connectivity index is 4.52. The third kappa shape index (κ3) is 27.4. The van der Waals surface area contributed by atoms with Crippen LogP contribution in [-0.4, -0.2) is 182 Å². The van der Waals surface area contributed by atoms with Crippen LogP contribution in [0.15, 0.2) is 0 Å². The minimum absolute atomic E-state index is 0.00225. The van der Waals surface area contributed by atoms with E-state index in [0.717, 1.165) is 0 Å². The highest BCUT2D eigenvalue weighted by Crippen LogP contribution is 2.37. The van der Waals surface area contributed by atoms with E-state index in [9.17, 15) is 63.6 Å². The van der Waals surface area contributed by atoms with E-state index in [2.05, 4.69) is 26.6 Å². The van der Waals surface area contributed by atoms with Gasteiger partial charge in [-0.25, -0.2) is 0 Å². The molecule has 338 valence electrons. The Morgan fingerprint density at radius 3 is 1.53 bits per heavy atom. The van der Waals surface area contributed by atoms with Gasteiger partial charge >= 0.3 is 0 Å². The Bertz CT molecular complexity index is 1410. The fourth-order valence-electron chi connectivity index (χ4n) is 5.55. The molecule has 0 saturated carbocycles. The zero-order chi connectivity index (χ0) is 45.2. The van der Waals surface area contributed by atoms with Crippen LogP contribution in [-0.2, 0) is 43.2 Å². The maximum atomic E-state index is 12.9. The van der Waals surface area contributed by atoms with Gasteiger partial charge in [0, 0.05) is 87.8 Å². The van der Waals surface area contributed by atoms with Gasteiger partial charge in [0.05, 0.1) is 50.2 Å². The number of aliphatic hydroxyl groups excluding tert-OH is 1. The van der Waals surface area contributed by atoms with Crippen LogP contribution in [0.25, 0.3) is 0 Å². The Morgan fingerprint density at radius 2 is 1.05 bits per heavy atom. The van der Waals surface area contributed by atoms with Crippen molar-refractivity contribution in [1.82, 2.24) is 41.3 Å². The number of hydrogen-bond acceptors (Lipinski definition) is 18. The van der Waals surface area contributed by atoms with Crippen LogP contribution < -0.4 is 41.9 Å². The number of aliphatic hydroxyl groups is 1. The summed E-state index contributed by atoms with van der Waals surface area (Å²) in [7, 11) is 2.82. The first kappa shape index (κ1) is 55.0. The Hall–Kier alpha value is -4.03. The van der Waals surface area contributed by atoms with Crippen LogP contribution in [0.4, 0.5) is 0 Å². The van der Waals surface area contributed by atoms with Gasteiger partial charge in [-0.05, 0) is 26.7 Å². The summed E-state index contributed by atoms with van der Waals surface area (Å²) in [5.74, 6) is -5.87. The zero-order valence-electron chi connectivity index (χ0n) is 34.8. The maximum absolute atomic E-state index is 12.9. The smallest absolute Gasteiger partial charge is 0.239 e. The SMILES string of the molecule is CCC(C)(CC(C)(C)C(=O)NCC(=O)NCC(=O)NCCSSCCNC(=O)CN(CCN(CCN(CC(C)=O)CC(=O)[O-])CC(=O)[O-])CC(=O)[O-])C(=O)NCC(C)O. The van der Waals surface area contributed by atoms with Crippen molar-refractivity contribution >= 4 is 74.8 Å². The number of carbonyl (C=O) groups is 9. The number of carboxylic acid groups (broad SMARTS) is 3. The van der Waals surface area contributed by atoms with Crippen LogP contribution >= 0.6 is 21.6 Å². The summed E-state index contributed by atoms with van der Waals surface area (Å²) >= 11 is 0. The second-order valence-electron chi connectivity index (χ2n) is 14.9. The molecule has 0 aromatic rings. The van der Waals surface area contributed by atoms with Crippen LogP contribution in [0.3, 0.4) is 0 Å². The molecule has 0 heterocycles. The number of carbonyl (C=O) groups excluding carboxylic acids is 9. The van der Waals surface area contributed by atoms with Crippen molar-refractivity contribution in [2.75, 3.05) is 103 Å². The fourth-order valence-corrected chi connectivity index (χ4v) is 7.36. The van der Waals surface area contributed by atoms with E-state index < -0.39 is 78.1 Å². The molecule has 0 aromatic carbocycles. The first-order valence-electron chi connectivity index (χ1n) is 19.0. The number of hydrogen-bond donors (Lipinski definition) is 6. The minimum atomic E-state index is -1.46. The number of nitrogens with one attached hydrogen (secondary N) is 5. The predicted molar refractivity (Wildman–Crippen MR) is 213 cm³/mol. The largest absolute Gasteiger partial charge is 0.549 e. The van der Waals surface area contributed by atoms with Gasteiger partial charge in [-0.2, -0.15) is 0 Å². The molecule has 5 amide bonds. The first-order valence-corrected chi connectivity index (χ1v) is 21.5. The number of rotatable bonds is 34. The van der Waals surface area contributed by atoms with E-state index in [1.165, 1.54) is 43.2 Å². The molecule has 23 heteroatoms. The molecule has 0 aliphatic carbocycles. The van der Waals surface area contributed by atoms with Crippen LogP contribution in [0.5, 0.6) is 0 Å². The summed E-state index contributed by atoms with van der Waals surface area (Å²) < 4.78 is 0. The van der Waals surface area contributed by atoms with Gasteiger partial charge in [-0.3, -0.25) is 43.5 Å². The molecule has 0 aliphatic heterocycles. The van der Waals surface area contributed by atoms with Crippen molar-refractivity contribution < 1.29 is 63.6 Å². The van der Waals surface area contributed by atoms with Crippen molar-refractivity contribution in [2.24, 2.45) is 10.8 Å². The quantitative estimate of drug-likeness (QED) is 0.0259. The summed E-state index contributed by atoms with van der Waals surface area (Å²) in [6.07, 6.45) is -0.0765. The molecule has 0 spiro atoms. The summed E-state index contributed by atoms with van der Waals surface area (Å²) in [6.45, 7) is 7.34. The topological polar surface area (TPSA) is 313 Å². The van der Waals surface area contributed by atoms with Gasteiger partial charge in [0.15, 0.2) is 0 Å². The Labute approximate surface area is 353 Å². The number of carboxylic acids is 3. The third-order valence-corrected chi connectivity index (χ3v) is 11.0. The number of aliphatic carboxylic acids is 3. The van der Waals surface area contributed by atoms with Gasteiger partial charge in [-0.15, -0.1) is 0 Å². The molecule has 0 radical (unpaired) electrons. The molecule has 0 aliphatic rings. The highest BCUT2D eigenvalue weighted by Gasteiger charge is 2.41. The van der Waals surface area contributed by atoms with E-state index in [0.29, 0.717) is 17.9 Å². The van der Waals surface area contributed by atoms with E-state index >= 15 is 0 Å². The molecular weight excluding hydrogens is 817 g/mol. The van der Waals surface area contributed by atoms with Crippen LogP contribution in [0.1, 0.15) is 54.4 Å². The minimum Gasteiger partial charge on any atom is -0.549 e. The van der Waals surface area contributed by atoms with Crippen molar-refractivity contribution in [3.05, 3.63) is 0 Å². The molecule has 0 rings (SSSR count). The number of Topliss-reactive ketones (excluding diaryl/α,β-unsaturated/α-hetero) is 1. The molecular formula is C36H61N8O13S2-3. The van der Waals surface area contributed by atoms with E-state index in [4.69, 9.17) is 0 Å². The van der Waals surface area contributed by atoms with Gasteiger partial charge in [0.2, 0.25) is 29.5 Å². The molecule has 0 saturated heterocycles. The zero-order valence-corrected chi connectivity index (χ0v) is 36.4. The Kier molecular flexibility index (Phi) is 27.2. The molecule has 6 N–H and O–H groups in total. The lowest BCUT2D eigenvalue weighted by atomic mass is 9.71. The lowest BCUT2D eigenvalue weighted by Crippen LogP contribution is -2.49. The summed E-state index contributed by atoms with van der Waals surface area (Å²) in [5, 5.41) is 56.1. The van der Waals surface area contributed by atoms with Crippen molar-refractivity contribution in [3.8, 4) is 0 Å². The predicted octanol–water partition coefficient (Wildman–Crippen LogP) is -6.09. The Morgan fingerprint density at radius 1 is 0.610 bits per heavy atom. The van der Waals surface area contributed by atoms with Crippen LogP contribution in [0, 0.1) is 10.8 Å². The summed E-state index contributed by atoms with van der Waals surface area (Å²) in [5.41, 5.74) is -1.89. The van der Waals surface area contributed by atoms with E-state index in [1.807, 2.05) is 6.92 Å². The molecule has 0 aromatic heterocycles. The molecule has 2 atom stereocenters. The van der Waals surface area contributed by atoms with Crippen LogP contribution in [0.2, 0.25) is 0 Å².